The average molecular weight is 497 g/mol. The highest BCUT2D eigenvalue weighted by atomic mass is 35.5. The van der Waals surface area contributed by atoms with Crippen molar-refractivity contribution in [1.82, 2.24) is 15.1 Å². The van der Waals surface area contributed by atoms with E-state index in [0.717, 1.165) is 13.0 Å². The van der Waals surface area contributed by atoms with Crippen LogP contribution >= 0.6 is 11.6 Å². The summed E-state index contributed by atoms with van der Waals surface area (Å²) in [5, 5.41) is 69.5. The summed E-state index contributed by atoms with van der Waals surface area (Å²) in [5.74, 6) is 0.632. The molecule has 13 heteroatoms. The standard InChI is InChI=1S/C7H16ClNO2.C6H15NO3.C4H11NO2.C2H7NO/c8-2-1-3-9(4-6-10)5-7-11;8-4-1-7(2-5-9)3-6-10;6-3-1-5-2-4-7;3-1-2-4/h10-11H,1-7H2;8-10H,1-6H2;5-7H,1-4H2;4H,1-3H2. The number of alkyl halides is 1. The second kappa shape index (κ2) is 41.1. The number of nitrogens with one attached hydrogen (secondary N) is 1. The Kier molecular flexibility index (Phi) is 50.1. The molecule has 0 atom stereocenters. The number of nitrogens with two attached hydrogens (primary N) is 1. The molecule has 0 aromatic carbocycles. The molecule has 0 fully saturated rings. The first-order valence-corrected chi connectivity index (χ1v) is 11.3. The third-order valence-corrected chi connectivity index (χ3v) is 3.66. The quantitative estimate of drug-likeness (QED) is 0.0645. The highest BCUT2D eigenvalue weighted by Gasteiger charge is 2.01. The second-order valence-electron chi connectivity index (χ2n) is 6.05. The van der Waals surface area contributed by atoms with E-state index in [2.05, 4.69) is 5.32 Å². The highest BCUT2D eigenvalue weighted by molar-refractivity contribution is 6.17. The molecule has 0 aliphatic carbocycles. The van der Waals surface area contributed by atoms with E-state index in [0.29, 0.717) is 58.2 Å². The van der Waals surface area contributed by atoms with Crippen LogP contribution in [0.1, 0.15) is 6.42 Å². The maximum Gasteiger partial charge on any atom is 0.0558 e. The fraction of sp³-hybridized carbons (Fsp3) is 1.00. The molecule has 0 heterocycles. The maximum atomic E-state index is 8.61. The van der Waals surface area contributed by atoms with E-state index in [1.165, 1.54) is 0 Å². The lowest BCUT2D eigenvalue weighted by Crippen LogP contribution is -2.32. The van der Waals surface area contributed by atoms with Crippen molar-refractivity contribution < 1.29 is 40.9 Å². The molecule has 0 radical (unpaired) electrons. The van der Waals surface area contributed by atoms with Crippen LogP contribution in [0.5, 0.6) is 0 Å². The van der Waals surface area contributed by atoms with E-state index in [-0.39, 0.29) is 52.9 Å². The lowest BCUT2D eigenvalue weighted by molar-refractivity contribution is 0.136. The highest BCUT2D eigenvalue weighted by Crippen LogP contribution is 1.92. The van der Waals surface area contributed by atoms with E-state index in [9.17, 15) is 0 Å². The molecule has 0 bridgehead atoms. The second-order valence-corrected chi connectivity index (χ2v) is 6.43. The fourth-order valence-electron chi connectivity index (χ4n) is 1.94. The lowest BCUT2D eigenvalue weighted by Gasteiger charge is -2.18. The maximum absolute atomic E-state index is 8.61. The smallest absolute Gasteiger partial charge is 0.0558 e. The van der Waals surface area contributed by atoms with Gasteiger partial charge in [-0.3, -0.25) is 9.80 Å². The Morgan fingerprint density at radius 2 is 0.844 bits per heavy atom. The van der Waals surface area contributed by atoms with Crippen LogP contribution in [0.4, 0.5) is 0 Å². The van der Waals surface area contributed by atoms with Crippen LogP contribution in [0.3, 0.4) is 0 Å². The van der Waals surface area contributed by atoms with Gasteiger partial charge in [0.05, 0.1) is 52.9 Å². The number of aliphatic hydroxyl groups excluding tert-OH is 8. The lowest BCUT2D eigenvalue weighted by atomic mass is 10.4. The molecule has 200 valence electrons. The molecule has 0 spiro atoms. The Morgan fingerprint density at radius 1 is 0.531 bits per heavy atom. The molecule has 0 unspecified atom stereocenters. The Labute approximate surface area is 197 Å². The molecule has 0 saturated heterocycles. The summed E-state index contributed by atoms with van der Waals surface area (Å²) in [5.41, 5.74) is 4.78. The van der Waals surface area contributed by atoms with Gasteiger partial charge in [0.2, 0.25) is 0 Å². The van der Waals surface area contributed by atoms with Crippen molar-refractivity contribution in [2.24, 2.45) is 5.73 Å². The molecule has 32 heavy (non-hydrogen) atoms. The third-order valence-electron chi connectivity index (χ3n) is 3.40. The summed E-state index contributed by atoms with van der Waals surface area (Å²) in [4.78, 5) is 3.78. The summed E-state index contributed by atoms with van der Waals surface area (Å²) in [7, 11) is 0. The Morgan fingerprint density at radius 3 is 1.06 bits per heavy atom. The minimum absolute atomic E-state index is 0.0694. The molecule has 0 saturated carbocycles. The Hall–Kier alpha value is -0.190. The Bertz CT molecular complexity index is 265. The first-order chi connectivity index (χ1) is 15.5. The van der Waals surface area contributed by atoms with Gasteiger partial charge in [-0.25, -0.2) is 0 Å². The zero-order chi connectivity index (χ0) is 25.3. The van der Waals surface area contributed by atoms with Crippen LogP contribution in [0.15, 0.2) is 0 Å². The van der Waals surface area contributed by atoms with Gasteiger partial charge < -0.3 is 51.9 Å². The van der Waals surface area contributed by atoms with Gasteiger partial charge in [0.15, 0.2) is 0 Å². The van der Waals surface area contributed by atoms with Crippen LogP contribution in [0, 0.1) is 0 Å². The van der Waals surface area contributed by atoms with Gasteiger partial charge in [-0.2, -0.15) is 0 Å². The van der Waals surface area contributed by atoms with E-state index in [1.807, 2.05) is 4.90 Å². The molecule has 0 rings (SSSR count). The zero-order valence-electron chi connectivity index (χ0n) is 19.4. The van der Waals surface area contributed by atoms with Gasteiger partial charge in [0.1, 0.15) is 0 Å². The fourth-order valence-corrected chi connectivity index (χ4v) is 2.06. The summed E-state index contributed by atoms with van der Waals surface area (Å²) in [6.07, 6.45) is 0.904. The number of nitrogens with zero attached hydrogens (tertiary/aromatic N) is 2. The summed E-state index contributed by atoms with van der Waals surface area (Å²) >= 11 is 5.49. The molecule has 0 amide bonds. The number of hydrogen-bond acceptors (Lipinski definition) is 12. The van der Waals surface area contributed by atoms with Gasteiger partial charge >= 0.3 is 0 Å². The normalized spacial score (nSPS) is 10.1. The molecule has 11 N–H and O–H groups in total. The summed E-state index contributed by atoms with van der Waals surface area (Å²) in [6, 6.07) is 0. The summed E-state index contributed by atoms with van der Waals surface area (Å²) in [6.45, 7) is 6.02. The predicted molar refractivity (Wildman–Crippen MR) is 127 cm³/mol. The minimum Gasteiger partial charge on any atom is -0.395 e. The Balaban J connectivity index is -0.000000173. The van der Waals surface area contributed by atoms with Crippen molar-refractivity contribution in [2.45, 2.75) is 6.42 Å². The van der Waals surface area contributed by atoms with Crippen molar-refractivity contribution in [3.8, 4) is 0 Å². The minimum atomic E-state index is 0.0694. The zero-order valence-corrected chi connectivity index (χ0v) is 20.1. The number of aliphatic hydroxyl groups is 8. The van der Waals surface area contributed by atoms with Crippen LogP contribution in [-0.4, -0.2) is 168 Å². The monoisotopic (exact) mass is 496 g/mol. The topological polar surface area (TPSA) is 206 Å². The molecule has 0 aliphatic rings. The SMILES string of the molecule is NCCO.OCCN(CCO)CCCCl.OCCN(CCO)CCO.OCCNCCO. The third kappa shape index (κ3) is 43.6. The average Bonchev–Trinajstić information content (AvgIpc) is 2.80. The number of hydrogen-bond donors (Lipinski definition) is 10. The van der Waals surface area contributed by atoms with Gasteiger partial charge in [-0.15, -0.1) is 11.6 Å². The predicted octanol–water partition coefficient (Wildman–Crippen LogP) is -4.33. The number of rotatable bonds is 18. The molecule has 12 nitrogen and oxygen atoms in total. The van der Waals surface area contributed by atoms with Crippen molar-refractivity contribution in [1.29, 1.82) is 0 Å². The van der Waals surface area contributed by atoms with Crippen molar-refractivity contribution in [2.75, 3.05) is 118 Å². The largest absolute Gasteiger partial charge is 0.395 e. The van der Waals surface area contributed by atoms with Crippen LogP contribution in [0.25, 0.3) is 0 Å². The molecule has 0 aliphatic heterocycles. The van der Waals surface area contributed by atoms with Crippen molar-refractivity contribution >= 4 is 11.6 Å². The van der Waals surface area contributed by atoms with Crippen LogP contribution in [-0.2, 0) is 0 Å². The molecular formula is C19H49ClN4O8. The van der Waals surface area contributed by atoms with E-state index in [4.69, 9.17) is 58.2 Å². The van der Waals surface area contributed by atoms with Gasteiger partial charge in [0, 0.05) is 58.2 Å². The van der Waals surface area contributed by atoms with Gasteiger partial charge in [-0.1, -0.05) is 0 Å². The van der Waals surface area contributed by atoms with Crippen LogP contribution < -0.4 is 11.1 Å². The first kappa shape index (κ1) is 39.0. The van der Waals surface area contributed by atoms with E-state index < -0.39 is 0 Å². The van der Waals surface area contributed by atoms with E-state index >= 15 is 0 Å². The van der Waals surface area contributed by atoms with Crippen LogP contribution in [0.2, 0.25) is 0 Å². The first-order valence-electron chi connectivity index (χ1n) is 10.8. The summed E-state index contributed by atoms with van der Waals surface area (Å²) < 4.78 is 0. The van der Waals surface area contributed by atoms with Crippen molar-refractivity contribution in [3.63, 3.8) is 0 Å². The van der Waals surface area contributed by atoms with Gasteiger partial charge in [-0.05, 0) is 13.0 Å². The van der Waals surface area contributed by atoms with E-state index in [1.54, 1.807) is 4.90 Å². The van der Waals surface area contributed by atoms with Gasteiger partial charge in [0.25, 0.3) is 0 Å². The molecular weight excluding hydrogens is 448 g/mol. The number of halogens is 1. The molecule has 0 aromatic rings. The molecule has 0 aromatic heterocycles. The van der Waals surface area contributed by atoms with Crippen molar-refractivity contribution in [3.05, 3.63) is 0 Å².